The molecule has 0 aliphatic carbocycles. The molecule has 68 valence electrons. The minimum Gasteiger partial charge on any atom is -0.503 e. The molecule has 0 spiro atoms. The average molecular weight is 186 g/mol. The van der Waals surface area contributed by atoms with Crippen molar-refractivity contribution in [3.8, 4) is 0 Å². The lowest BCUT2D eigenvalue weighted by Crippen LogP contribution is -2.06. The van der Waals surface area contributed by atoms with Crippen molar-refractivity contribution in [2.45, 2.75) is 25.0 Å². The number of carboxylic acid groups (broad SMARTS) is 1. The van der Waals surface area contributed by atoms with Crippen LogP contribution in [0.5, 0.6) is 0 Å². The molecule has 0 radical (unpaired) electrons. The SMILES string of the molecule is C1C[CH2][AlH][O]C1.C=C(C)C(=O)O. The van der Waals surface area contributed by atoms with E-state index < -0.39 is 5.97 Å². The number of aliphatic carboxylic acids is 1. The summed E-state index contributed by atoms with van der Waals surface area (Å²) in [5, 5.41) is 9.31. The fraction of sp³-hybridized carbons (Fsp3) is 0.625. The highest BCUT2D eigenvalue weighted by molar-refractivity contribution is 6.27. The van der Waals surface area contributed by atoms with Gasteiger partial charge in [0, 0.05) is 12.2 Å². The van der Waals surface area contributed by atoms with Crippen molar-refractivity contribution in [3.63, 3.8) is 0 Å². The summed E-state index contributed by atoms with van der Waals surface area (Å²) in [7, 11) is 0. The van der Waals surface area contributed by atoms with Crippen molar-refractivity contribution in [2.24, 2.45) is 0 Å². The first-order valence-corrected chi connectivity index (χ1v) is 5.69. The van der Waals surface area contributed by atoms with Gasteiger partial charge in [0.15, 0.2) is 0 Å². The Morgan fingerprint density at radius 3 is 2.25 bits per heavy atom. The second kappa shape index (κ2) is 7.36. The quantitative estimate of drug-likeness (QED) is 0.494. The van der Waals surface area contributed by atoms with Gasteiger partial charge in [-0.2, -0.15) is 0 Å². The molecule has 0 saturated carbocycles. The molecular formula is C8H15AlO3. The van der Waals surface area contributed by atoms with Crippen LogP contribution in [0.25, 0.3) is 0 Å². The minimum atomic E-state index is -0.935. The number of rotatable bonds is 1. The highest BCUT2D eigenvalue weighted by Gasteiger charge is 2.00. The van der Waals surface area contributed by atoms with Gasteiger partial charge in [-0.25, -0.2) is 4.79 Å². The lowest BCUT2D eigenvalue weighted by atomic mass is 10.4. The molecule has 0 aromatic carbocycles. The van der Waals surface area contributed by atoms with Gasteiger partial charge in [0.2, 0.25) is 0 Å². The molecule has 1 aliphatic heterocycles. The summed E-state index contributed by atoms with van der Waals surface area (Å²) >= 11 is 0.00849. The van der Waals surface area contributed by atoms with Crippen molar-refractivity contribution in [3.05, 3.63) is 12.2 Å². The van der Waals surface area contributed by atoms with Crippen LogP contribution in [0, 0.1) is 0 Å². The van der Waals surface area contributed by atoms with Crippen LogP contribution in [0.1, 0.15) is 19.8 Å². The van der Waals surface area contributed by atoms with E-state index in [-0.39, 0.29) is 21.1 Å². The van der Waals surface area contributed by atoms with Gasteiger partial charge in [0.25, 0.3) is 0 Å². The van der Waals surface area contributed by atoms with Crippen molar-refractivity contribution in [1.29, 1.82) is 0 Å². The van der Waals surface area contributed by atoms with E-state index in [1.807, 2.05) is 0 Å². The van der Waals surface area contributed by atoms with E-state index in [0.29, 0.717) is 0 Å². The summed E-state index contributed by atoms with van der Waals surface area (Å²) in [4.78, 5) is 9.60. The van der Waals surface area contributed by atoms with Gasteiger partial charge >= 0.3 is 21.5 Å². The molecule has 0 amide bonds. The second-order valence-corrected chi connectivity index (χ2v) is 4.28. The van der Waals surface area contributed by atoms with Crippen LogP contribution >= 0.6 is 0 Å². The van der Waals surface area contributed by atoms with Crippen LogP contribution < -0.4 is 0 Å². The molecule has 1 saturated heterocycles. The fourth-order valence-electron chi connectivity index (χ4n) is 0.687. The summed E-state index contributed by atoms with van der Waals surface area (Å²) in [6.07, 6.45) is 2.75. The highest BCUT2D eigenvalue weighted by atomic mass is 27.1. The Hall–Kier alpha value is -0.298. The molecule has 1 heterocycles. The topological polar surface area (TPSA) is 46.5 Å². The van der Waals surface area contributed by atoms with Gasteiger partial charge in [0.05, 0.1) is 0 Å². The van der Waals surface area contributed by atoms with Gasteiger partial charge < -0.3 is 8.90 Å². The second-order valence-electron chi connectivity index (χ2n) is 2.76. The van der Waals surface area contributed by atoms with E-state index in [0.717, 1.165) is 6.61 Å². The first-order chi connectivity index (χ1) is 5.64. The summed E-state index contributed by atoms with van der Waals surface area (Å²) in [6, 6.07) is 0. The van der Waals surface area contributed by atoms with E-state index >= 15 is 0 Å². The predicted octanol–water partition coefficient (Wildman–Crippen LogP) is 1.21. The maximum atomic E-state index is 9.60. The Kier molecular flexibility index (Phi) is 7.17. The summed E-state index contributed by atoms with van der Waals surface area (Å²) in [5.74, 6) is -0.935. The number of carboxylic acids is 1. The molecular weight excluding hydrogens is 171 g/mol. The van der Waals surface area contributed by atoms with Crippen molar-refractivity contribution in [1.82, 2.24) is 0 Å². The Morgan fingerprint density at radius 1 is 1.58 bits per heavy atom. The lowest BCUT2D eigenvalue weighted by Gasteiger charge is -2.06. The summed E-state index contributed by atoms with van der Waals surface area (Å²) in [5.41, 5.74) is 0.176. The van der Waals surface area contributed by atoms with Crippen LogP contribution in [0.15, 0.2) is 12.2 Å². The van der Waals surface area contributed by atoms with Crippen LogP contribution in [-0.2, 0) is 8.58 Å². The standard InChI is InChI=1S/C4H6O2.C4H8O.Al.H/c1-3(2)4(5)6;1-2-3-4-5;;/h1H2,2H3,(H,5,6);1-4H2;;/q;-1;+1;. The molecule has 0 bridgehead atoms. The molecule has 1 fully saturated rings. The molecule has 0 unspecified atom stereocenters. The first-order valence-electron chi connectivity index (χ1n) is 4.11. The van der Waals surface area contributed by atoms with Crippen molar-refractivity contribution >= 4 is 21.5 Å². The number of carbonyl (C=O) groups is 1. The minimum absolute atomic E-state index is 0.00849. The third-order valence-electron chi connectivity index (χ3n) is 1.44. The lowest BCUT2D eigenvalue weighted by molar-refractivity contribution is -0.132. The molecule has 1 aliphatic rings. The number of hydrogen-bond acceptors (Lipinski definition) is 2. The van der Waals surface area contributed by atoms with Gasteiger partial charge in [-0.05, 0) is 13.3 Å². The molecule has 1 rings (SSSR count). The molecule has 4 heteroatoms. The molecule has 0 aromatic heterocycles. The third-order valence-corrected chi connectivity index (χ3v) is 2.81. The maximum Gasteiger partial charge on any atom is 0.435 e. The zero-order valence-corrected chi connectivity index (χ0v) is 8.92. The van der Waals surface area contributed by atoms with Crippen molar-refractivity contribution < 1.29 is 13.7 Å². The van der Waals surface area contributed by atoms with E-state index in [2.05, 4.69) is 6.58 Å². The molecule has 0 atom stereocenters. The predicted molar refractivity (Wildman–Crippen MR) is 49.6 cm³/mol. The smallest absolute Gasteiger partial charge is 0.435 e. The van der Waals surface area contributed by atoms with E-state index in [1.54, 1.807) is 0 Å². The van der Waals surface area contributed by atoms with E-state index in [1.165, 1.54) is 25.0 Å². The largest absolute Gasteiger partial charge is 0.503 e. The van der Waals surface area contributed by atoms with Crippen LogP contribution in [0.4, 0.5) is 0 Å². The monoisotopic (exact) mass is 186 g/mol. The van der Waals surface area contributed by atoms with Crippen LogP contribution in [-0.4, -0.2) is 33.2 Å². The first kappa shape index (κ1) is 11.7. The average Bonchev–Trinajstić information content (AvgIpc) is 2.08. The van der Waals surface area contributed by atoms with Gasteiger partial charge in [0.1, 0.15) is 0 Å². The number of hydrogen-bond donors (Lipinski definition) is 1. The van der Waals surface area contributed by atoms with Crippen molar-refractivity contribution in [2.75, 3.05) is 6.61 Å². The third kappa shape index (κ3) is 7.81. The fourth-order valence-corrected chi connectivity index (χ4v) is 1.86. The van der Waals surface area contributed by atoms with Crippen LogP contribution in [0.3, 0.4) is 0 Å². The van der Waals surface area contributed by atoms with Gasteiger partial charge in [-0.15, -0.1) is 0 Å². The Labute approximate surface area is 79.5 Å². The zero-order valence-electron chi connectivity index (χ0n) is 7.51. The molecule has 12 heavy (non-hydrogen) atoms. The Bertz CT molecular complexity index is 129. The zero-order chi connectivity index (χ0) is 9.40. The molecule has 1 N–H and O–H groups in total. The van der Waals surface area contributed by atoms with E-state index in [9.17, 15) is 4.79 Å². The Balaban J connectivity index is 0.000000202. The van der Waals surface area contributed by atoms with E-state index in [4.69, 9.17) is 8.90 Å². The Morgan fingerprint density at radius 2 is 2.17 bits per heavy atom. The van der Waals surface area contributed by atoms with Gasteiger partial charge in [-0.3, -0.25) is 0 Å². The normalized spacial score (nSPS) is 15.1. The maximum absolute atomic E-state index is 9.60. The molecule has 0 aromatic rings. The summed E-state index contributed by atoms with van der Waals surface area (Å²) in [6.45, 7) is 5.66. The summed E-state index contributed by atoms with van der Waals surface area (Å²) < 4.78 is 5.21. The van der Waals surface area contributed by atoms with Gasteiger partial charge in [-0.1, -0.05) is 18.3 Å². The molecule has 3 nitrogen and oxygen atoms in total. The highest BCUT2D eigenvalue weighted by Crippen LogP contribution is 2.01. The van der Waals surface area contributed by atoms with Crippen LogP contribution in [0.2, 0.25) is 5.28 Å².